The number of alkyl halides is 2. The minimum Gasteiger partial charge on any atom is -0.412 e. The van der Waals surface area contributed by atoms with Gasteiger partial charge in [-0.15, -0.1) is 0 Å². The smallest absolute Gasteiger partial charge is 0.177 e. The molecule has 2 fully saturated rings. The minimum absolute atomic E-state index is 0. The van der Waals surface area contributed by atoms with Gasteiger partial charge in [-0.2, -0.15) is 10.5 Å². The summed E-state index contributed by atoms with van der Waals surface area (Å²) in [5.41, 5.74) is -4.23. The van der Waals surface area contributed by atoms with Crippen LogP contribution in [0.25, 0.3) is 0 Å². The number of benzene rings is 2. The molecule has 2 saturated carbocycles. The Bertz CT molecular complexity index is 1920. The van der Waals surface area contributed by atoms with Crippen LogP contribution >= 0.6 is 0 Å². The van der Waals surface area contributed by atoms with Crippen LogP contribution in [0.2, 0.25) is 0 Å². The van der Waals surface area contributed by atoms with Crippen LogP contribution in [0.5, 0.6) is 0 Å². The van der Waals surface area contributed by atoms with E-state index in [-0.39, 0.29) is 63.0 Å². The molecule has 2 atom stereocenters. The van der Waals surface area contributed by atoms with Crippen molar-refractivity contribution in [1.29, 1.82) is 10.5 Å². The SMILES string of the molecule is CCC(CC)CC.CCN(CC)CC.N#Cc1cncn1CC(O)(C#Cc1ccccc1)C1(F)CC1.N#Cc1cncn1CC(O)(CCc1ccccc1)C1(F)CC1.O.O.[Pd]. The molecule has 0 amide bonds. The van der Waals surface area contributed by atoms with Gasteiger partial charge in [0.05, 0.1) is 38.1 Å². The molecule has 2 unspecified atom stereocenters. The Morgan fingerprint density at radius 2 is 1.16 bits per heavy atom. The number of hydrogen-bond donors (Lipinski definition) is 2. The molecule has 0 spiro atoms. The van der Waals surface area contributed by atoms with Crippen LogP contribution in [-0.4, -0.2) is 87.3 Å². The van der Waals surface area contributed by atoms with Gasteiger partial charge in [0.1, 0.15) is 34.8 Å². The second-order valence-electron chi connectivity index (χ2n) is 15.2. The maximum absolute atomic E-state index is 14.7. The average molecular weight is 939 g/mol. The van der Waals surface area contributed by atoms with Gasteiger partial charge in [-0.05, 0) is 81.8 Å². The zero-order valence-electron chi connectivity index (χ0n) is 36.7. The summed E-state index contributed by atoms with van der Waals surface area (Å²) < 4.78 is 32.3. The van der Waals surface area contributed by atoms with Crippen molar-refractivity contribution >= 4 is 0 Å². The Labute approximate surface area is 376 Å². The molecule has 2 heterocycles. The third-order valence-electron chi connectivity index (χ3n) is 11.4. The van der Waals surface area contributed by atoms with Crippen LogP contribution < -0.4 is 0 Å². The van der Waals surface area contributed by atoms with Crippen LogP contribution in [0.15, 0.2) is 85.7 Å². The summed E-state index contributed by atoms with van der Waals surface area (Å²) in [6.07, 6.45) is 11.9. The molecule has 0 radical (unpaired) electrons. The third-order valence-corrected chi connectivity index (χ3v) is 11.4. The number of hydrogen-bond acceptors (Lipinski definition) is 7. The molecule has 0 aliphatic heterocycles. The molecular weight excluding hydrogens is 871 g/mol. The van der Waals surface area contributed by atoms with Crippen molar-refractivity contribution in [3.63, 3.8) is 0 Å². The fourth-order valence-electron chi connectivity index (χ4n) is 6.67. The molecule has 6 rings (SSSR count). The van der Waals surface area contributed by atoms with E-state index in [2.05, 4.69) is 68.3 Å². The average Bonchev–Trinajstić information content (AvgIpc) is 4.09. The van der Waals surface area contributed by atoms with Crippen LogP contribution in [-0.2, 0) is 39.9 Å². The molecule has 61 heavy (non-hydrogen) atoms. The van der Waals surface area contributed by atoms with Crippen molar-refractivity contribution in [3.8, 4) is 24.0 Å². The van der Waals surface area contributed by atoms with Crippen molar-refractivity contribution < 1.29 is 50.4 Å². The molecule has 11 nitrogen and oxygen atoms in total. The molecule has 6 N–H and O–H groups in total. The molecule has 2 aromatic carbocycles. The number of nitrogens with zero attached hydrogens (tertiary/aromatic N) is 7. The quantitative estimate of drug-likeness (QED) is 0.0932. The largest absolute Gasteiger partial charge is 0.412 e. The maximum Gasteiger partial charge on any atom is 0.177 e. The van der Waals surface area contributed by atoms with E-state index < -0.39 is 22.5 Å². The second kappa shape index (κ2) is 27.6. The fourth-order valence-corrected chi connectivity index (χ4v) is 6.67. The van der Waals surface area contributed by atoms with Crippen LogP contribution in [0, 0.1) is 40.4 Å². The summed E-state index contributed by atoms with van der Waals surface area (Å²) in [6, 6.07) is 22.8. The summed E-state index contributed by atoms with van der Waals surface area (Å²) in [7, 11) is 0. The van der Waals surface area contributed by atoms with Crippen molar-refractivity contribution in [2.24, 2.45) is 5.92 Å². The Balaban J connectivity index is 0.000000872. The summed E-state index contributed by atoms with van der Waals surface area (Å²) in [6.45, 7) is 16.8. The van der Waals surface area contributed by atoms with E-state index in [0.717, 1.165) is 11.5 Å². The van der Waals surface area contributed by atoms with Crippen LogP contribution in [0.4, 0.5) is 8.78 Å². The first-order valence-electron chi connectivity index (χ1n) is 20.8. The zero-order chi connectivity index (χ0) is 42.7. The summed E-state index contributed by atoms with van der Waals surface area (Å²) in [5.74, 6) is 6.49. The van der Waals surface area contributed by atoms with E-state index in [1.54, 1.807) is 12.1 Å². The van der Waals surface area contributed by atoms with Crippen molar-refractivity contribution in [1.82, 2.24) is 24.0 Å². The number of imidazole rings is 2. The number of halogens is 2. The number of nitriles is 2. The van der Waals surface area contributed by atoms with Gasteiger partial charge >= 0.3 is 0 Å². The Morgan fingerprint density at radius 3 is 1.54 bits per heavy atom. The second-order valence-corrected chi connectivity index (χ2v) is 15.2. The number of aryl methyl sites for hydroxylation is 1. The number of rotatable bonds is 15. The summed E-state index contributed by atoms with van der Waals surface area (Å²) >= 11 is 0. The predicted octanol–water partition coefficient (Wildman–Crippen LogP) is 7.19. The number of aromatic nitrogens is 4. The molecular formula is C47H67F2N7O4Pd. The maximum atomic E-state index is 14.7. The zero-order valence-corrected chi connectivity index (χ0v) is 38.2. The molecule has 2 aromatic heterocycles. The molecule has 2 aliphatic carbocycles. The monoisotopic (exact) mass is 937 g/mol. The van der Waals surface area contributed by atoms with Crippen molar-refractivity contribution in [2.45, 2.75) is 135 Å². The molecule has 4 aromatic rings. The van der Waals surface area contributed by atoms with Gasteiger partial charge in [-0.25, -0.2) is 18.7 Å². The van der Waals surface area contributed by atoms with Gasteiger partial charge in [0.25, 0.3) is 0 Å². The first-order valence-corrected chi connectivity index (χ1v) is 20.8. The molecule has 338 valence electrons. The number of aliphatic hydroxyl groups is 2. The van der Waals surface area contributed by atoms with Gasteiger partial charge in [-0.1, -0.05) is 121 Å². The van der Waals surface area contributed by atoms with E-state index in [0.29, 0.717) is 36.9 Å². The molecule has 0 saturated heterocycles. The first-order chi connectivity index (χ1) is 27.8. The topological polar surface area (TPSA) is 190 Å². The predicted molar refractivity (Wildman–Crippen MR) is 233 cm³/mol. The van der Waals surface area contributed by atoms with Gasteiger partial charge in [0.15, 0.2) is 11.3 Å². The van der Waals surface area contributed by atoms with E-state index in [9.17, 15) is 19.0 Å². The van der Waals surface area contributed by atoms with Crippen molar-refractivity contribution in [3.05, 3.63) is 108 Å². The van der Waals surface area contributed by atoms with Crippen molar-refractivity contribution in [2.75, 3.05) is 19.6 Å². The normalized spacial score (nSPS) is 15.4. The standard InChI is InChI=1S/C17H18FN3O.C17H14FN3O.C7H16.C6H15N.2H2O.Pd/c2*18-16(8-9-16)17(22,7-6-14-4-2-1-3-5-14)12-21-13-20-11-15(21)10-19;2*1-4-7(5-2)6-3;;;/h1-5,11,13,22H,6-9,12H2;1-5,11,13,22H,8-9,12H2;7H,4-6H2,1-3H3;4-6H2,1-3H3;2*1H2;. The van der Waals surface area contributed by atoms with E-state index in [1.807, 2.05) is 60.7 Å². The minimum atomic E-state index is -1.84. The molecule has 2 aliphatic rings. The Kier molecular flexibility index (Phi) is 25.7. The molecule has 0 bridgehead atoms. The van der Waals surface area contributed by atoms with Crippen LogP contribution in [0.1, 0.15) is 115 Å². The van der Waals surface area contributed by atoms with E-state index in [1.165, 1.54) is 73.1 Å². The first kappa shape index (κ1) is 56.7. The van der Waals surface area contributed by atoms with E-state index >= 15 is 0 Å². The summed E-state index contributed by atoms with van der Waals surface area (Å²) in [5, 5.41) is 39.7. The van der Waals surface area contributed by atoms with Crippen LogP contribution in [0.3, 0.4) is 0 Å². The van der Waals surface area contributed by atoms with Gasteiger partial charge in [-0.3, -0.25) is 0 Å². The van der Waals surface area contributed by atoms with E-state index in [4.69, 9.17) is 10.5 Å². The summed E-state index contributed by atoms with van der Waals surface area (Å²) in [4.78, 5) is 10.1. The van der Waals surface area contributed by atoms with Gasteiger partial charge in [0, 0.05) is 26.0 Å². The molecule has 14 heteroatoms. The fraction of sp³-hybridized carbons (Fsp3) is 0.532. The Morgan fingerprint density at radius 1 is 0.721 bits per heavy atom. The van der Waals surface area contributed by atoms with Gasteiger partial charge in [0.2, 0.25) is 0 Å². The van der Waals surface area contributed by atoms with Gasteiger partial charge < -0.3 is 35.2 Å². The Hall–Kier alpha value is -4.28. The third kappa shape index (κ3) is 16.8.